The first-order chi connectivity index (χ1) is 5.92. The first kappa shape index (κ1) is 6.66. The molecule has 63 valence electrons. The SMILES string of the molecule is [c]1n[nH]c2c1CN(CC1CC1)C2. The van der Waals surface area contributed by atoms with Crippen molar-refractivity contribution in [1.82, 2.24) is 15.1 Å². The van der Waals surface area contributed by atoms with Crippen LogP contribution in [-0.2, 0) is 13.1 Å². The van der Waals surface area contributed by atoms with E-state index in [9.17, 15) is 0 Å². The van der Waals surface area contributed by atoms with E-state index >= 15 is 0 Å². The van der Waals surface area contributed by atoms with Crippen LogP contribution in [0.15, 0.2) is 0 Å². The van der Waals surface area contributed by atoms with Gasteiger partial charge in [-0.1, -0.05) is 0 Å². The Balaban J connectivity index is 1.69. The molecule has 12 heavy (non-hydrogen) atoms. The summed E-state index contributed by atoms with van der Waals surface area (Å²) in [6.45, 7) is 3.39. The highest BCUT2D eigenvalue weighted by Crippen LogP contribution is 2.32. The normalized spacial score (nSPS) is 23.0. The predicted molar refractivity (Wildman–Crippen MR) is 44.3 cm³/mol. The summed E-state index contributed by atoms with van der Waals surface area (Å²) in [5, 5.41) is 6.89. The quantitative estimate of drug-likeness (QED) is 0.701. The van der Waals surface area contributed by atoms with Crippen LogP contribution < -0.4 is 0 Å². The predicted octanol–water partition coefficient (Wildman–Crippen LogP) is 0.935. The summed E-state index contributed by atoms with van der Waals surface area (Å²) in [5.41, 5.74) is 2.55. The Morgan fingerprint density at radius 3 is 3.17 bits per heavy atom. The van der Waals surface area contributed by atoms with E-state index in [1.807, 2.05) is 0 Å². The van der Waals surface area contributed by atoms with Crippen molar-refractivity contribution in [3.05, 3.63) is 17.5 Å². The molecule has 3 nitrogen and oxygen atoms in total. The van der Waals surface area contributed by atoms with Crippen molar-refractivity contribution in [2.45, 2.75) is 25.9 Å². The van der Waals surface area contributed by atoms with E-state index in [2.05, 4.69) is 21.3 Å². The van der Waals surface area contributed by atoms with Crippen LogP contribution in [0.3, 0.4) is 0 Å². The lowest BCUT2D eigenvalue weighted by molar-refractivity contribution is 0.269. The molecule has 0 spiro atoms. The summed E-state index contributed by atoms with van der Waals surface area (Å²) in [7, 11) is 0. The van der Waals surface area contributed by atoms with Gasteiger partial charge in [0.1, 0.15) is 6.20 Å². The number of fused-ring (bicyclic) bond motifs is 1. The van der Waals surface area contributed by atoms with Gasteiger partial charge in [-0.15, -0.1) is 0 Å². The minimum atomic E-state index is 0.988. The summed E-state index contributed by atoms with van der Waals surface area (Å²) < 4.78 is 0. The summed E-state index contributed by atoms with van der Waals surface area (Å²) in [4.78, 5) is 2.48. The van der Waals surface area contributed by atoms with Crippen LogP contribution in [0.4, 0.5) is 0 Å². The molecule has 1 aromatic rings. The summed E-state index contributed by atoms with van der Waals surface area (Å²) in [6, 6.07) is 0. The van der Waals surface area contributed by atoms with Crippen LogP contribution >= 0.6 is 0 Å². The number of hydrogen-bond acceptors (Lipinski definition) is 2. The standard InChI is InChI=1S/C9H12N3/c1-2-7(1)4-12-5-8-3-10-11-9(8)6-12/h7H,1-2,4-6H2,(H,10,11). The van der Waals surface area contributed by atoms with Gasteiger partial charge in [0, 0.05) is 25.2 Å². The van der Waals surface area contributed by atoms with Gasteiger partial charge in [0.2, 0.25) is 0 Å². The maximum absolute atomic E-state index is 3.90. The van der Waals surface area contributed by atoms with Gasteiger partial charge in [0.05, 0.1) is 5.69 Å². The van der Waals surface area contributed by atoms with E-state index in [1.54, 1.807) is 0 Å². The summed E-state index contributed by atoms with van der Waals surface area (Å²) in [5.74, 6) is 0.988. The molecule has 1 aliphatic carbocycles. The van der Waals surface area contributed by atoms with Gasteiger partial charge in [-0.05, 0) is 18.8 Å². The van der Waals surface area contributed by atoms with Crippen LogP contribution in [0.1, 0.15) is 24.1 Å². The zero-order valence-electron chi connectivity index (χ0n) is 7.01. The van der Waals surface area contributed by atoms with Gasteiger partial charge in [0.15, 0.2) is 0 Å². The van der Waals surface area contributed by atoms with Crippen molar-refractivity contribution in [2.75, 3.05) is 6.54 Å². The van der Waals surface area contributed by atoms with Crippen molar-refractivity contribution < 1.29 is 0 Å². The van der Waals surface area contributed by atoms with Gasteiger partial charge in [-0.2, -0.15) is 5.10 Å². The lowest BCUT2D eigenvalue weighted by atomic mass is 10.3. The molecule has 3 heteroatoms. The Hall–Kier alpha value is -0.830. The van der Waals surface area contributed by atoms with E-state index in [0.717, 1.165) is 19.0 Å². The number of aromatic amines is 1. The minimum Gasteiger partial charge on any atom is -0.293 e. The molecule has 1 N–H and O–H groups in total. The molecule has 2 aliphatic rings. The zero-order valence-corrected chi connectivity index (χ0v) is 7.01. The minimum absolute atomic E-state index is 0.988. The van der Waals surface area contributed by atoms with E-state index in [1.165, 1.54) is 30.6 Å². The fourth-order valence-corrected chi connectivity index (χ4v) is 1.86. The largest absolute Gasteiger partial charge is 0.293 e. The molecule has 3 rings (SSSR count). The van der Waals surface area contributed by atoms with Crippen molar-refractivity contribution >= 4 is 0 Å². The molecule has 0 unspecified atom stereocenters. The smallest absolute Gasteiger partial charge is 0.117 e. The number of nitrogens with one attached hydrogen (secondary N) is 1. The highest BCUT2D eigenvalue weighted by molar-refractivity contribution is 5.19. The van der Waals surface area contributed by atoms with Crippen LogP contribution in [0, 0.1) is 12.1 Å². The number of nitrogens with zero attached hydrogens (tertiary/aromatic N) is 2. The van der Waals surface area contributed by atoms with Gasteiger partial charge < -0.3 is 0 Å². The Bertz CT molecular complexity index is 267. The molecule has 0 amide bonds. The molecule has 0 aromatic carbocycles. The van der Waals surface area contributed by atoms with Gasteiger partial charge in [-0.25, -0.2) is 0 Å². The molecule has 0 atom stereocenters. The van der Waals surface area contributed by atoms with Crippen molar-refractivity contribution in [1.29, 1.82) is 0 Å². The number of aromatic nitrogens is 2. The lowest BCUT2D eigenvalue weighted by Gasteiger charge is -2.13. The van der Waals surface area contributed by atoms with Crippen molar-refractivity contribution in [2.24, 2.45) is 5.92 Å². The lowest BCUT2D eigenvalue weighted by Crippen LogP contribution is -2.19. The van der Waals surface area contributed by atoms with Crippen LogP contribution in [0.5, 0.6) is 0 Å². The first-order valence-electron chi connectivity index (χ1n) is 4.58. The van der Waals surface area contributed by atoms with E-state index < -0.39 is 0 Å². The van der Waals surface area contributed by atoms with Gasteiger partial charge in [-0.3, -0.25) is 10.00 Å². The Labute approximate surface area is 71.8 Å². The molecule has 1 saturated carbocycles. The molecule has 0 saturated heterocycles. The average Bonchev–Trinajstić information content (AvgIpc) is 2.56. The van der Waals surface area contributed by atoms with E-state index in [0.29, 0.717) is 0 Å². The van der Waals surface area contributed by atoms with E-state index in [-0.39, 0.29) is 0 Å². The second kappa shape index (κ2) is 2.33. The maximum Gasteiger partial charge on any atom is 0.117 e. The van der Waals surface area contributed by atoms with Gasteiger partial charge >= 0.3 is 0 Å². The first-order valence-corrected chi connectivity index (χ1v) is 4.58. The fourth-order valence-electron chi connectivity index (χ4n) is 1.86. The maximum atomic E-state index is 3.90. The number of H-pyrrole nitrogens is 1. The third kappa shape index (κ3) is 1.05. The van der Waals surface area contributed by atoms with Crippen molar-refractivity contribution in [3.63, 3.8) is 0 Å². The molecule has 0 bridgehead atoms. The average molecular weight is 162 g/mol. The highest BCUT2D eigenvalue weighted by Gasteiger charge is 2.28. The summed E-state index contributed by atoms with van der Waals surface area (Å²) >= 11 is 0. The van der Waals surface area contributed by atoms with Gasteiger partial charge in [0.25, 0.3) is 0 Å². The molecular weight excluding hydrogens is 150 g/mol. The Morgan fingerprint density at radius 2 is 2.42 bits per heavy atom. The number of hydrogen-bond donors (Lipinski definition) is 1. The monoisotopic (exact) mass is 162 g/mol. The Kier molecular flexibility index (Phi) is 1.29. The molecule has 1 aliphatic heterocycles. The third-order valence-corrected chi connectivity index (χ3v) is 2.72. The third-order valence-electron chi connectivity index (χ3n) is 2.72. The van der Waals surface area contributed by atoms with Crippen molar-refractivity contribution in [3.8, 4) is 0 Å². The second-order valence-corrected chi connectivity index (χ2v) is 3.91. The molecule has 1 fully saturated rings. The fraction of sp³-hybridized carbons (Fsp3) is 0.667. The topological polar surface area (TPSA) is 31.9 Å². The highest BCUT2D eigenvalue weighted by atomic mass is 15.2. The molecule has 1 radical (unpaired) electrons. The van der Waals surface area contributed by atoms with Crippen LogP contribution in [0.25, 0.3) is 0 Å². The molecular formula is C9H12N3. The Morgan fingerprint density at radius 1 is 1.50 bits per heavy atom. The second-order valence-electron chi connectivity index (χ2n) is 3.91. The van der Waals surface area contributed by atoms with E-state index in [4.69, 9.17) is 0 Å². The van der Waals surface area contributed by atoms with Crippen LogP contribution in [-0.4, -0.2) is 21.6 Å². The molecule has 2 heterocycles. The van der Waals surface area contributed by atoms with Crippen LogP contribution in [0.2, 0.25) is 0 Å². The molecule has 1 aromatic heterocycles. The zero-order chi connectivity index (χ0) is 7.97. The summed E-state index contributed by atoms with van der Waals surface area (Å²) in [6.07, 6.45) is 5.87. The number of rotatable bonds is 2.